The molecular formula is C45H18B11N3S. The van der Waals surface area contributed by atoms with E-state index in [2.05, 4.69) is 12.1 Å². The third-order valence-electron chi connectivity index (χ3n) is 10.9. The first-order chi connectivity index (χ1) is 28.8. The van der Waals surface area contributed by atoms with E-state index in [1.54, 1.807) is 0 Å². The molecule has 0 aliphatic heterocycles. The average Bonchev–Trinajstić information content (AvgIpc) is 3.69. The first-order valence-corrected chi connectivity index (χ1v) is 19.5. The molecule has 0 saturated carbocycles. The van der Waals surface area contributed by atoms with Crippen molar-refractivity contribution in [1.29, 1.82) is 0 Å². The van der Waals surface area contributed by atoms with Crippen LogP contribution in [0.4, 0.5) is 0 Å². The fraction of sp³-hybridized carbons (Fsp3) is 0. The lowest BCUT2D eigenvalue weighted by Gasteiger charge is -2.26. The predicted molar refractivity (Wildman–Crippen MR) is 265 cm³/mol. The van der Waals surface area contributed by atoms with E-state index in [4.69, 9.17) is 101 Å². The second-order valence-corrected chi connectivity index (χ2v) is 15.4. The van der Waals surface area contributed by atoms with Crippen LogP contribution in [0, 0.1) is 0 Å². The van der Waals surface area contributed by atoms with Crippen LogP contribution >= 0.6 is 11.3 Å². The summed E-state index contributed by atoms with van der Waals surface area (Å²) in [6.07, 6.45) is 0. The number of hydrogen-bond donors (Lipinski definition) is 0. The third kappa shape index (κ3) is 6.48. The van der Waals surface area contributed by atoms with Crippen molar-refractivity contribution in [2.45, 2.75) is 0 Å². The molecule has 0 spiro atoms. The van der Waals surface area contributed by atoms with Crippen molar-refractivity contribution in [3.8, 4) is 67.5 Å². The van der Waals surface area contributed by atoms with Gasteiger partial charge in [0.1, 0.15) is 86.3 Å². The number of rotatable bonds is 6. The topological polar surface area (TPSA) is 38.7 Å². The average molecular weight is 752 g/mol. The normalized spacial score (nSPS) is 11.4. The van der Waals surface area contributed by atoms with E-state index in [0.29, 0.717) is 37.4 Å². The minimum absolute atomic E-state index is 0.0306. The summed E-state index contributed by atoms with van der Waals surface area (Å²) in [6.45, 7) is 0. The van der Waals surface area contributed by atoms with Gasteiger partial charge in [0.15, 0.2) is 17.5 Å². The van der Waals surface area contributed by atoms with Crippen molar-refractivity contribution >= 4 is 178 Å². The van der Waals surface area contributed by atoms with Gasteiger partial charge in [0.25, 0.3) is 0 Å². The fourth-order valence-electron chi connectivity index (χ4n) is 7.65. The Labute approximate surface area is 367 Å². The molecule has 0 atom stereocenters. The minimum Gasteiger partial charge on any atom is -0.208 e. The summed E-state index contributed by atoms with van der Waals surface area (Å²) >= 11 is 1.24. The molecule has 0 N–H and O–H groups in total. The molecule has 9 rings (SSSR count). The molecule has 9 aromatic rings. The van der Waals surface area contributed by atoms with Gasteiger partial charge < -0.3 is 0 Å². The first kappa shape index (κ1) is 39.9. The van der Waals surface area contributed by atoms with E-state index in [9.17, 15) is 0 Å². The van der Waals surface area contributed by atoms with E-state index in [0.717, 1.165) is 33.4 Å². The summed E-state index contributed by atoms with van der Waals surface area (Å²) in [6, 6.07) is 36.1. The van der Waals surface area contributed by atoms with Gasteiger partial charge in [-0.1, -0.05) is 141 Å². The van der Waals surface area contributed by atoms with Crippen LogP contribution in [-0.4, -0.2) is 101 Å². The maximum atomic E-state index is 7.00. The van der Waals surface area contributed by atoms with Crippen LogP contribution in [0.2, 0.25) is 0 Å². The molecule has 0 bridgehead atoms. The number of nitrogens with zero attached hydrogens (tertiary/aromatic N) is 3. The highest BCUT2D eigenvalue weighted by molar-refractivity contribution is 7.28. The van der Waals surface area contributed by atoms with Crippen LogP contribution in [0.1, 0.15) is 0 Å². The summed E-state index contributed by atoms with van der Waals surface area (Å²) in [4.78, 5) is 15.2. The number of aromatic nitrogens is 3. The van der Waals surface area contributed by atoms with Crippen LogP contribution in [0.5, 0.6) is 0 Å². The number of benzene rings is 7. The molecular weight excluding hydrogens is 734 g/mol. The first-order valence-electron chi connectivity index (χ1n) is 18.6. The maximum absolute atomic E-state index is 7.00. The number of hydrogen-bond acceptors (Lipinski definition) is 4. The molecule has 22 radical (unpaired) electrons. The molecule has 2 aromatic heterocycles. The van der Waals surface area contributed by atoms with Crippen molar-refractivity contribution in [3.63, 3.8) is 0 Å². The summed E-state index contributed by atoms with van der Waals surface area (Å²) in [5.74, 6) is 0.997. The highest BCUT2D eigenvalue weighted by atomic mass is 32.1. The summed E-state index contributed by atoms with van der Waals surface area (Å²) < 4.78 is 1.03. The molecule has 0 aliphatic carbocycles. The summed E-state index contributed by atoms with van der Waals surface area (Å²) in [5.41, 5.74) is 7.47. The van der Waals surface area contributed by atoms with Gasteiger partial charge in [-0.25, -0.2) is 15.0 Å². The van der Waals surface area contributed by atoms with Crippen LogP contribution in [0.3, 0.4) is 0 Å². The van der Waals surface area contributed by atoms with Gasteiger partial charge >= 0.3 is 0 Å². The Bertz CT molecular complexity index is 3180. The lowest BCUT2D eigenvalue weighted by molar-refractivity contribution is 1.08. The van der Waals surface area contributed by atoms with Crippen molar-refractivity contribution in [2.75, 3.05) is 0 Å². The molecule has 0 fully saturated rings. The van der Waals surface area contributed by atoms with Gasteiger partial charge in [-0.15, -0.1) is 33.2 Å². The third-order valence-corrected chi connectivity index (χ3v) is 12.1. The van der Waals surface area contributed by atoms with Crippen LogP contribution in [0.15, 0.2) is 109 Å². The monoisotopic (exact) mass is 753 g/mol. The Kier molecular flexibility index (Phi) is 10.3. The quantitative estimate of drug-likeness (QED) is 0.205. The Morgan fingerprint density at radius 3 is 1.30 bits per heavy atom. The van der Waals surface area contributed by atoms with E-state index in [1.807, 2.05) is 97.1 Å². The van der Waals surface area contributed by atoms with E-state index in [1.165, 1.54) is 11.3 Å². The van der Waals surface area contributed by atoms with Gasteiger partial charge in [0, 0.05) is 31.5 Å². The van der Waals surface area contributed by atoms with Crippen molar-refractivity contribution in [3.05, 3.63) is 109 Å². The Morgan fingerprint density at radius 1 is 0.283 bits per heavy atom. The second kappa shape index (κ2) is 15.5. The Morgan fingerprint density at radius 2 is 0.683 bits per heavy atom. The molecule has 0 aliphatic rings. The van der Waals surface area contributed by atoms with Crippen molar-refractivity contribution < 1.29 is 0 Å². The zero-order valence-electron chi connectivity index (χ0n) is 32.0. The second-order valence-electron chi connectivity index (χ2n) is 14.4. The Balaban J connectivity index is 1.33. The molecule has 15 heteroatoms. The summed E-state index contributed by atoms with van der Waals surface area (Å²) in [7, 11) is 72.9. The molecule has 0 saturated heterocycles. The lowest BCUT2D eigenvalue weighted by Crippen LogP contribution is -2.56. The molecule has 2 heterocycles. The van der Waals surface area contributed by atoms with E-state index >= 15 is 0 Å². The molecule has 0 amide bonds. The lowest BCUT2D eigenvalue weighted by atomic mass is 9.57. The maximum Gasteiger partial charge on any atom is 0.164 e. The highest BCUT2D eigenvalue weighted by Gasteiger charge is 2.26. The minimum atomic E-state index is 0.0306. The van der Waals surface area contributed by atoms with Crippen molar-refractivity contribution in [2.24, 2.45) is 0 Å². The zero-order valence-corrected chi connectivity index (χ0v) is 32.8. The van der Waals surface area contributed by atoms with Gasteiger partial charge in [-0.2, -0.15) is 0 Å². The largest absolute Gasteiger partial charge is 0.208 e. The van der Waals surface area contributed by atoms with Gasteiger partial charge in [0.2, 0.25) is 0 Å². The highest BCUT2D eigenvalue weighted by Crippen LogP contribution is 2.37. The van der Waals surface area contributed by atoms with Crippen LogP contribution in [-0.2, 0) is 0 Å². The number of thiophene rings is 1. The van der Waals surface area contributed by atoms with Crippen LogP contribution in [0.25, 0.3) is 87.7 Å². The van der Waals surface area contributed by atoms with E-state index < -0.39 is 0 Å². The van der Waals surface area contributed by atoms with E-state index in [-0.39, 0.29) is 77.0 Å². The molecule has 7 aromatic carbocycles. The van der Waals surface area contributed by atoms with Gasteiger partial charge in [-0.05, 0) is 44.8 Å². The van der Waals surface area contributed by atoms with Crippen molar-refractivity contribution in [1.82, 2.24) is 15.0 Å². The zero-order chi connectivity index (χ0) is 42.1. The molecule has 0 unspecified atom stereocenters. The molecule has 252 valence electrons. The Hall–Kier alpha value is -5.52. The van der Waals surface area contributed by atoms with Gasteiger partial charge in [0.05, 0.1) is 0 Å². The summed E-state index contributed by atoms with van der Waals surface area (Å²) in [5, 5.41) is 0.956. The van der Waals surface area contributed by atoms with Crippen LogP contribution < -0.4 is 60.1 Å². The fourth-order valence-corrected chi connectivity index (χ4v) is 8.90. The SMILES string of the molecule is [B]c1c([B])c([B])c(-c2c([B])c([B])c3c(sc4c([B])c([B])c([B])c(-c5nc(-c6ccc(-c7ccccc7)cc6)nc(-c6cccc(-c7ccccc7)c6)n5)c43)c2[B])c([B])c1[B]. The molecule has 60 heavy (non-hydrogen) atoms. The smallest absolute Gasteiger partial charge is 0.164 e. The molecule has 3 nitrogen and oxygen atoms in total. The predicted octanol–water partition coefficient (Wildman–Crippen LogP) is -1.03. The number of fused-ring (bicyclic) bond motifs is 3. The standard InChI is InChI=1S/C45H18B11N3S/c46-30-27(26-31(47)36(52)39(55)37(53)32(26)48)35(51)42-28(33(30)49)25-29(34(50)38(54)40(56)41(25)60-42)45-58-43(22-16-14-21(15-17-22)19-8-3-1-4-9-19)57-44(59-45)24-13-7-12-23(18-24)20-10-5-2-6-11-20/h1-18H. The van der Waals surface area contributed by atoms with Gasteiger partial charge in [-0.3, -0.25) is 0 Å².